The van der Waals surface area contributed by atoms with Gasteiger partial charge < -0.3 is 35.2 Å². The van der Waals surface area contributed by atoms with Crippen LogP contribution in [0.3, 0.4) is 0 Å². The maximum atomic E-state index is 10.1. The molecule has 12 heteroatoms. The van der Waals surface area contributed by atoms with Crippen molar-refractivity contribution in [2.75, 3.05) is 37.8 Å². The number of benzene rings is 1. The number of hydrogen-bond donors (Lipinski definition) is 4. The lowest BCUT2D eigenvalue weighted by atomic mass is 10.0. The van der Waals surface area contributed by atoms with Gasteiger partial charge >= 0.3 is 0 Å². The van der Waals surface area contributed by atoms with Crippen molar-refractivity contribution >= 4 is 23.6 Å². The lowest BCUT2D eigenvalue weighted by Crippen LogP contribution is -2.25. The highest BCUT2D eigenvalue weighted by Crippen LogP contribution is 2.38. The number of anilines is 1. The summed E-state index contributed by atoms with van der Waals surface area (Å²) in [7, 11) is 0. The van der Waals surface area contributed by atoms with Crippen LogP contribution in [0.2, 0.25) is 5.02 Å². The van der Waals surface area contributed by atoms with Crippen molar-refractivity contribution in [2.45, 2.75) is 52.7 Å². The number of aliphatic hydroxyl groups excluding tert-OH is 3. The molecule has 1 aromatic carbocycles. The zero-order chi connectivity index (χ0) is 29.7. The van der Waals surface area contributed by atoms with Crippen LogP contribution in [-0.2, 0) is 0 Å². The van der Waals surface area contributed by atoms with Crippen molar-refractivity contribution in [3.63, 3.8) is 0 Å². The van der Waals surface area contributed by atoms with E-state index in [-0.39, 0.29) is 19.8 Å². The molecule has 0 unspecified atom stereocenters. The number of hydrogen-bond acceptors (Lipinski definition) is 11. The Morgan fingerprint density at radius 3 is 2.61 bits per heavy atom. The fourth-order valence-corrected chi connectivity index (χ4v) is 4.87. The molecule has 0 saturated heterocycles. The molecule has 4 rings (SSSR count). The van der Waals surface area contributed by atoms with Crippen molar-refractivity contribution in [1.29, 1.82) is 0 Å². The fraction of sp³-hybridized carbons (Fsp3) is 0.448. The van der Waals surface area contributed by atoms with Crippen LogP contribution in [0.4, 0.5) is 5.82 Å². The van der Waals surface area contributed by atoms with E-state index < -0.39 is 12.1 Å². The molecule has 0 saturated carbocycles. The minimum Gasteiger partial charge on any atom is -0.491 e. The second kappa shape index (κ2) is 13.4. The quantitative estimate of drug-likeness (QED) is 0.232. The lowest BCUT2D eigenvalue weighted by molar-refractivity contribution is 0.0994. The molecule has 0 bridgehead atoms. The maximum Gasteiger partial charge on any atom is 0.163 e. The minimum atomic E-state index is -0.609. The molecule has 11 nitrogen and oxygen atoms in total. The van der Waals surface area contributed by atoms with E-state index in [9.17, 15) is 15.3 Å². The first-order valence-corrected chi connectivity index (χ1v) is 13.9. The normalized spacial score (nSPS) is 14.6. The number of aliphatic hydroxyl groups is 3. The number of rotatable bonds is 12. The third kappa shape index (κ3) is 6.87. The van der Waals surface area contributed by atoms with E-state index in [4.69, 9.17) is 36.6 Å². The average molecular weight is 585 g/mol. The van der Waals surface area contributed by atoms with Gasteiger partial charge in [-0.15, -0.1) is 0 Å². The number of aryl methyl sites for hydroxylation is 2. The molecule has 1 atom stereocenters. The predicted molar refractivity (Wildman–Crippen MR) is 158 cm³/mol. The molecular formula is C29H37ClN6O5. The SMILES string of the molecule is CCC[C@@H](O)COc1ccc(Cl)c(-c2nc(-c3c(C)noc3C)c(C)c(N3CC(N)=C(C=NC(CO)CO)C3)n2)c1. The second-order valence-corrected chi connectivity index (χ2v) is 10.5. The van der Waals surface area contributed by atoms with Gasteiger partial charge in [0.05, 0.1) is 53.9 Å². The molecule has 3 aromatic rings. The molecule has 0 aliphatic carbocycles. The number of nitrogens with two attached hydrogens (primary N) is 1. The van der Waals surface area contributed by atoms with Crippen molar-refractivity contribution in [3.8, 4) is 28.4 Å². The zero-order valence-electron chi connectivity index (χ0n) is 23.8. The van der Waals surface area contributed by atoms with E-state index in [0.717, 1.165) is 23.1 Å². The standard InChI is InChI=1S/C29H37ClN6O5/c1-5-6-21(39)15-40-22-7-8-24(30)23(9-22)28-33-27(26-17(3)35-41-18(26)4)16(2)29(34-28)36-11-19(25(31)12-36)10-32-20(13-37)14-38/h7-10,20-21,37-39H,5-6,11-15,31H2,1-4H3/t21-/m1/s1. The summed E-state index contributed by atoms with van der Waals surface area (Å²) in [6.45, 7) is 8.09. The smallest absolute Gasteiger partial charge is 0.163 e. The van der Waals surface area contributed by atoms with Gasteiger partial charge in [-0.1, -0.05) is 30.1 Å². The monoisotopic (exact) mass is 584 g/mol. The van der Waals surface area contributed by atoms with E-state index in [1.54, 1.807) is 24.4 Å². The number of aromatic nitrogens is 3. The van der Waals surface area contributed by atoms with Crippen LogP contribution in [-0.4, -0.2) is 81.7 Å². The van der Waals surface area contributed by atoms with E-state index in [0.29, 0.717) is 70.3 Å². The summed E-state index contributed by atoms with van der Waals surface area (Å²) in [6.07, 6.45) is 2.53. The Bertz CT molecular complexity index is 1420. The van der Waals surface area contributed by atoms with Crippen LogP contribution in [0.1, 0.15) is 36.8 Å². The summed E-state index contributed by atoms with van der Waals surface area (Å²) >= 11 is 6.66. The van der Waals surface area contributed by atoms with Crippen molar-refractivity contribution in [2.24, 2.45) is 10.7 Å². The van der Waals surface area contributed by atoms with Crippen LogP contribution < -0.4 is 15.4 Å². The number of nitrogens with zero attached hydrogens (tertiary/aromatic N) is 5. The first-order chi connectivity index (χ1) is 19.7. The van der Waals surface area contributed by atoms with Crippen LogP contribution in [0.5, 0.6) is 5.75 Å². The van der Waals surface area contributed by atoms with Crippen molar-refractivity contribution < 1.29 is 24.6 Å². The minimum absolute atomic E-state index is 0.162. The van der Waals surface area contributed by atoms with Gasteiger partial charge in [0.1, 0.15) is 23.9 Å². The summed E-state index contributed by atoms with van der Waals surface area (Å²) < 4.78 is 11.3. The highest BCUT2D eigenvalue weighted by atomic mass is 35.5. The third-order valence-electron chi connectivity index (χ3n) is 6.93. The Morgan fingerprint density at radius 2 is 1.95 bits per heavy atom. The number of halogens is 1. The molecule has 2 aromatic heterocycles. The zero-order valence-corrected chi connectivity index (χ0v) is 24.5. The van der Waals surface area contributed by atoms with Gasteiger partial charge in [0, 0.05) is 35.2 Å². The fourth-order valence-electron chi connectivity index (χ4n) is 4.66. The molecule has 0 fully saturated rings. The van der Waals surface area contributed by atoms with E-state index >= 15 is 0 Å². The largest absolute Gasteiger partial charge is 0.491 e. The summed E-state index contributed by atoms with van der Waals surface area (Å²) in [5, 5.41) is 33.4. The molecule has 5 N–H and O–H groups in total. The van der Waals surface area contributed by atoms with Gasteiger partial charge in [0.2, 0.25) is 0 Å². The van der Waals surface area contributed by atoms with Gasteiger partial charge in [0.25, 0.3) is 0 Å². The Morgan fingerprint density at radius 1 is 1.20 bits per heavy atom. The molecular weight excluding hydrogens is 548 g/mol. The molecule has 220 valence electrons. The highest BCUT2D eigenvalue weighted by Gasteiger charge is 2.27. The first kappa shape index (κ1) is 30.4. The Kier molecular flexibility index (Phi) is 9.98. The molecule has 1 aliphatic heterocycles. The Balaban J connectivity index is 1.77. The molecule has 41 heavy (non-hydrogen) atoms. The van der Waals surface area contributed by atoms with Crippen LogP contribution in [0.15, 0.2) is 39.0 Å². The van der Waals surface area contributed by atoms with E-state index in [1.807, 2.05) is 32.6 Å². The highest BCUT2D eigenvalue weighted by molar-refractivity contribution is 6.33. The lowest BCUT2D eigenvalue weighted by Gasteiger charge is -2.22. The first-order valence-electron chi connectivity index (χ1n) is 13.6. The maximum absolute atomic E-state index is 10.1. The average Bonchev–Trinajstić information content (AvgIpc) is 3.49. The van der Waals surface area contributed by atoms with Gasteiger partial charge in [-0.3, -0.25) is 4.99 Å². The van der Waals surface area contributed by atoms with Crippen LogP contribution in [0, 0.1) is 20.8 Å². The van der Waals surface area contributed by atoms with E-state index in [2.05, 4.69) is 10.1 Å². The van der Waals surface area contributed by atoms with Gasteiger partial charge in [-0.05, 0) is 45.4 Å². The topological polar surface area (TPSA) is 163 Å². The van der Waals surface area contributed by atoms with Crippen molar-refractivity contribution in [1.82, 2.24) is 15.1 Å². The predicted octanol–water partition coefficient (Wildman–Crippen LogP) is 3.37. The molecule has 1 aliphatic rings. The van der Waals surface area contributed by atoms with Crippen LogP contribution >= 0.6 is 11.6 Å². The van der Waals surface area contributed by atoms with Gasteiger partial charge in [0.15, 0.2) is 5.82 Å². The Labute approximate surface area is 244 Å². The van der Waals surface area contributed by atoms with Crippen LogP contribution in [0.25, 0.3) is 22.6 Å². The summed E-state index contributed by atoms with van der Waals surface area (Å²) in [6, 6.07) is 4.63. The van der Waals surface area contributed by atoms with E-state index in [1.165, 1.54) is 0 Å². The Hall–Kier alpha value is -3.51. The van der Waals surface area contributed by atoms with Crippen molar-refractivity contribution in [3.05, 3.63) is 51.5 Å². The second-order valence-electron chi connectivity index (χ2n) is 10.1. The summed E-state index contributed by atoms with van der Waals surface area (Å²) in [4.78, 5) is 16.2. The molecule has 0 spiro atoms. The number of aliphatic imine (C=N–C) groups is 1. The van der Waals surface area contributed by atoms with Gasteiger partial charge in [-0.25, -0.2) is 9.97 Å². The third-order valence-corrected chi connectivity index (χ3v) is 7.26. The molecule has 3 heterocycles. The summed E-state index contributed by atoms with van der Waals surface area (Å²) in [5.74, 6) is 2.20. The summed E-state index contributed by atoms with van der Waals surface area (Å²) in [5.41, 5.74) is 11.3. The van der Waals surface area contributed by atoms with Gasteiger partial charge in [-0.2, -0.15) is 0 Å². The molecule has 0 radical (unpaired) electrons. The molecule has 0 amide bonds. The number of ether oxygens (including phenoxy) is 1.